The molecule has 0 bridgehead atoms. The van der Waals surface area contributed by atoms with Gasteiger partial charge in [0.05, 0.1) is 11.9 Å². The molecule has 28 heteroatoms. The molecule has 2 fully saturated rings. The average Bonchev–Trinajstić information content (AvgIpc) is 4.34. The minimum atomic E-state index is 0.264. The number of nitriles is 2. The normalized spacial score (nSPS) is 12.5. The summed E-state index contributed by atoms with van der Waals surface area (Å²) >= 11 is 0. The van der Waals surface area contributed by atoms with Crippen molar-refractivity contribution in [3.8, 4) is 12.4 Å². The van der Waals surface area contributed by atoms with E-state index in [1.807, 2.05) is 183 Å². The first-order valence-electron chi connectivity index (χ1n) is 28.7. The summed E-state index contributed by atoms with van der Waals surface area (Å²) in [4.78, 5) is 39.6. The zero-order chi connectivity index (χ0) is 66.4. The fourth-order valence-electron chi connectivity index (χ4n) is 5.32. The Bertz CT molecular complexity index is 1780. The summed E-state index contributed by atoms with van der Waals surface area (Å²) in [5, 5.41) is 51.9. The summed E-state index contributed by atoms with van der Waals surface area (Å²) in [7, 11) is 31.6. The number of nitrogens with one attached hydrogen (secondary N) is 6. The van der Waals surface area contributed by atoms with Crippen LogP contribution in [0.4, 0.5) is 0 Å². The average molecular weight is 1180 g/mol. The van der Waals surface area contributed by atoms with E-state index < -0.39 is 0 Å². The summed E-state index contributed by atoms with van der Waals surface area (Å²) in [5.74, 6) is 5.76. The van der Waals surface area contributed by atoms with Crippen LogP contribution in [-0.4, -0.2) is 292 Å². The van der Waals surface area contributed by atoms with E-state index in [1.165, 1.54) is 32.1 Å². The van der Waals surface area contributed by atoms with E-state index in [-0.39, 0.29) is 5.96 Å². The van der Waals surface area contributed by atoms with E-state index in [1.54, 1.807) is 51.8 Å². The molecule has 0 aromatic rings. The predicted molar refractivity (Wildman–Crippen MR) is 358 cm³/mol. The highest BCUT2D eigenvalue weighted by Crippen LogP contribution is 2.30. The molecule has 83 heavy (non-hydrogen) atoms. The Morgan fingerprint density at radius 1 is 0.482 bits per heavy atom. The van der Waals surface area contributed by atoms with Crippen LogP contribution in [0.2, 0.25) is 0 Å². The molecule has 2 aliphatic rings. The number of nitrogens with two attached hydrogens (primary N) is 4. The SMILES string of the molecule is CCN(C)C(=N)C1CC1.CCN(C)C(=N)N(C)C.CCN(C)C(=N)N(C)C.CCN(C)C(=N)N(C)C.CCN(C)C(=NC1CCCCC1)NC#N.CCN(C)C(N)=NC.CCN(C)C(N)=NC#N.CCN=C(N)N(C)C.CCNC(N)=NC. The van der Waals surface area contributed by atoms with Gasteiger partial charge in [0.1, 0.15) is 0 Å². The Morgan fingerprint density at radius 3 is 1.07 bits per heavy atom. The van der Waals surface area contributed by atoms with E-state index >= 15 is 0 Å². The standard InChI is InChI=1S/C11H20N4.C7H14N2.3C6H15N3.C5H10N4.2C5H13N3.C4H11N3/c1-3-15(2)11(13-9-12)14-10-7-5-4-6-8-10;1-3-9(2)7(8)6-4-5-6;3*1-5-9(4)6(7)8(2)3;1-3-9(2)5(7)8-4-6;1-4-7-5(6)8(2)3;1-4-8(3)5(6)7-2;1-3-7-4(5)6-2/h10H,3-8H2,1-2H3,(H,13,14);6,8H,3-5H2,1-2H3;3*7H,5H2,1-4H3;3H2,1-2H3,(H2,7,8);2*4H2,1-3H3,(H2,6,7);3H2,1-2H3,(H3,5,6,7). The third-order valence-corrected chi connectivity index (χ3v) is 12.0. The molecule has 0 radical (unpaired) electrons. The lowest BCUT2D eigenvalue weighted by Gasteiger charge is -2.23. The lowest BCUT2D eigenvalue weighted by molar-refractivity contribution is 0.431. The van der Waals surface area contributed by atoms with Crippen molar-refractivity contribution >= 4 is 53.5 Å². The Hall–Kier alpha value is -7.39. The fraction of sp³-hybridized carbons (Fsp3) is 0.800. The highest BCUT2D eigenvalue weighted by atomic mass is 15.3. The van der Waals surface area contributed by atoms with E-state index in [2.05, 4.69) is 49.4 Å². The number of aliphatic imine (C=N–C) groups is 5. The van der Waals surface area contributed by atoms with E-state index in [4.69, 9.17) is 55.1 Å². The Balaban J connectivity index is -0.000000158. The Labute approximate surface area is 506 Å². The number of rotatable bonds is 11. The molecule has 0 atom stereocenters. The molecule has 0 saturated heterocycles. The monoisotopic (exact) mass is 1180 g/mol. The van der Waals surface area contributed by atoms with Crippen molar-refractivity contribution in [2.75, 3.05) is 179 Å². The molecule has 0 aromatic carbocycles. The summed E-state index contributed by atoms with van der Waals surface area (Å²) in [5.41, 5.74) is 21.3. The first-order valence-corrected chi connectivity index (χ1v) is 28.7. The van der Waals surface area contributed by atoms with Gasteiger partial charge < -0.3 is 82.2 Å². The minimum Gasteiger partial charge on any atom is -0.370 e. The lowest BCUT2D eigenvalue weighted by Crippen LogP contribution is -2.37. The van der Waals surface area contributed by atoms with Crippen LogP contribution in [0.5, 0.6) is 0 Å². The van der Waals surface area contributed by atoms with Crippen LogP contribution in [0.25, 0.3) is 0 Å². The topological polar surface area (TPSA) is 369 Å². The van der Waals surface area contributed by atoms with Crippen molar-refractivity contribution in [3.63, 3.8) is 0 Å². The predicted octanol–water partition coefficient (Wildman–Crippen LogP) is 3.37. The van der Waals surface area contributed by atoms with Crippen LogP contribution in [0.1, 0.15) is 107 Å². The first kappa shape index (κ1) is 89.4. The van der Waals surface area contributed by atoms with Crippen LogP contribution in [0.15, 0.2) is 25.0 Å². The number of hydrogen-bond acceptors (Lipinski definition) is 11. The van der Waals surface area contributed by atoms with Crippen molar-refractivity contribution in [1.82, 2.24) is 64.5 Å². The van der Waals surface area contributed by atoms with Gasteiger partial charge in [-0.05, 0) is 88.0 Å². The van der Waals surface area contributed by atoms with Crippen molar-refractivity contribution in [2.45, 2.75) is 113 Å². The molecular weight excluding hydrogens is 1050 g/mol. The van der Waals surface area contributed by atoms with Gasteiger partial charge in [-0.25, -0.2) is 4.99 Å². The van der Waals surface area contributed by atoms with Gasteiger partial charge in [0.25, 0.3) is 0 Å². The lowest BCUT2D eigenvalue weighted by atomic mass is 9.96. The number of hydrogen-bond donors (Lipinski definition) is 10. The van der Waals surface area contributed by atoms with Crippen molar-refractivity contribution in [1.29, 1.82) is 32.2 Å². The van der Waals surface area contributed by atoms with Crippen LogP contribution < -0.4 is 33.6 Å². The van der Waals surface area contributed by atoms with Gasteiger partial charge in [-0.1, -0.05) is 19.3 Å². The van der Waals surface area contributed by atoms with Crippen LogP contribution in [0, 0.1) is 50.5 Å². The molecule has 28 nitrogen and oxygen atoms in total. The summed E-state index contributed by atoms with van der Waals surface area (Å²) < 4.78 is 0. The molecule has 14 N–H and O–H groups in total. The zero-order valence-electron chi connectivity index (χ0n) is 57.3. The molecule has 486 valence electrons. The largest absolute Gasteiger partial charge is 0.370 e. The molecule has 0 heterocycles. The molecule has 0 spiro atoms. The smallest absolute Gasteiger partial charge is 0.209 e. The molecule has 2 aliphatic carbocycles. The van der Waals surface area contributed by atoms with Gasteiger partial charge in [-0.2, -0.15) is 10.5 Å². The van der Waals surface area contributed by atoms with E-state index in [9.17, 15) is 0 Å². The van der Waals surface area contributed by atoms with Crippen molar-refractivity contribution in [2.24, 2.45) is 53.8 Å². The Kier molecular flexibility index (Phi) is 62.3. The molecule has 2 saturated carbocycles. The van der Waals surface area contributed by atoms with Gasteiger partial charge in [0.15, 0.2) is 42.0 Å². The van der Waals surface area contributed by atoms with E-state index in [0.29, 0.717) is 53.7 Å². The molecule has 2 rings (SSSR count). The van der Waals surface area contributed by atoms with Gasteiger partial charge in [-0.3, -0.25) is 41.9 Å². The molecule has 0 aliphatic heterocycles. The third-order valence-electron chi connectivity index (χ3n) is 12.0. The fourth-order valence-corrected chi connectivity index (χ4v) is 5.32. The maximum absolute atomic E-state index is 8.64. The summed E-state index contributed by atoms with van der Waals surface area (Å²) in [6.45, 7) is 25.8. The quantitative estimate of drug-likeness (QED) is 0.0613. The van der Waals surface area contributed by atoms with Crippen LogP contribution >= 0.6 is 0 Å². The maximum Gasteiger partial charge on any atom is 0.209 e. The molecular formula is C55H126N28. The number of amidine groups is 1. The van der Waals surface area contributed by atoms with Gasteiger partial charge in [-0.15, -0.1) is 4.99 Å². The summed E-state index contributed by atoms with van der Waals surface area (Å²) in [6, 6.07) is 0.406. The third kappa shape index (κ3) is 53.7. The second-order valence-electron chi connectivity index (χ2n) is 19.4. The van der Waals surface area contributed by atoms with Crippen LogP contribution in [0.3, 0.4) is 0 Å². The molecule has 0 unspecified atom stereocenters. The van der Waals surface area contributed by atoms with Crippen LogP contribution in [-0.2, 0) is 0 Å². The van der Waals surface area contributed by atoms with Crippen molar-refractivity contribution in [3.05, 3.63) is 0 Å². The van der Waals surface area contributed by atoms with Gasteiger partial charge in [0, 0.05) is 185 Å². The van der Waals surface area contributed by atoms with E-state index in [0.717, 1.165) is 77.6 Å². The number of nitrogens with zero attached hydrogens (tertiary/aromatic N) is 18. The second-order valence-corrected chi connectivity index (χ2v) is 19.4. The highest BCUT2D eigenvalue weighted by Gasteiger charge is 2.28. The summed E-state index contributed by atoms with van der Waals surface area (Å²) in [6.07, 6.45) is 12.2. The maximum atomic E-state index is 8.64. The van der Waals surface area contributed by atoms with Gasteiger partial charge in [0.2, 0.25) is 18.1 Å². The van der Waals surface area contributed by atoms with Crippen molar-refractivity contribution < 1.29 is 0 Å². The highest BCUT2D eigenvalue weighted by molar-refractivity contribution is 5.83. The minimum absolute atomic E-state index is 0.264. The molecule has 0 amide bonds. The first-order chi connectivity index (χ1) is 38.7. The zero-order valence-corrected chi connectivity index (χ0v) is 57.3. The number of guanidine groups is 8. The van der Waals surface area contributed by atoms with Gasteiger partial charge >= 0.3 is 0 Å². The molecule has 0 aromatic heterocycles. The second kappa shape index (κ2) is 57.8. The Morgan fingerprint density at radius 2 is 0.855 bits per heavy atom.